The van der Waals surface area contributed by atoms with E-state index in [0.717, 1.165) is 36.0 Å². The normalized spacial score (nSPS) is 22.1. The van der Waals surface area contributed by atoms with Crippen LogP contribution in [0.15, 0.2) is 29.9 Å². The van der Waals surface area contributed by atoms with Crippen molar-refractivity contribution in [3.05, 3.63) is 40.6 Å². The Morgan fingerprint density at radius 1 is 1.48 bits per heavy atom. The van der Waals surface area contributed by atoms with Gasteiger partial charge in [-0.25, -0.2) is 4.98 Å². The molecule has 2 aromatic rings. The number of aromatic nitrogens is 2. The van der Waals surface area contributed by atoms with Crippen LogP contribution in [0.5, 0.6) is 5.75 Å². The summed E-state index contributed by atoms with van der Waals surface area (Å²) >= 11 is 3.44. The lowest BCUT2D eigenvalue weighted by molar-refractivity contribution is 0.0512. The predicted octanol–water partition coefficient (Wildman–Crippen LogP) is 2.63. The molecule has 1 spiro atoms. The Balaban J connectivity index is 1.33. The predicted molar refractivity (Wildman–Crippen MR) is 91.2 cm³/mol. The minimum absolute atomic E-state index is 0.0530. The third kappa shape index (κ3) is 2.95. The molecule has 1 unspecified atom stereocenters. The number of thiazole rings is 1. The molecule has 4 heterocycles. The van der Waals surface area contributed by atoms with Crippen LogP contribution in [0.4, 0.5) is 0 Å². The van der Waals surface area contributed by atoms with Crippen molar-refractivity contribution in [2.24, 2.45) is 0 Å². The van der Waals surface area contributed by atoms with E-state index in [0.29, 0.717) is 5.69 Å². The number of ether oxygens (including phenoxy) is 1. The smallest absolute Gasteiger partial charge is 0.273 e. The van der Waals surface area contributed by atoms with Crippen LogP contribution in [0.1, 0.15) is 21.9 Å². The van der Waals surface area contributed by atoms with Crippen molar-refractivity contribution in [3.8, 4) is 5.75 Å². The molecular weight excluding hydrogens is 330 g/mol. The number of amides is 1. The summed E-state index contributed by atoms with van der Waals surface area (Å²) in [5.41, 5.74) is 0.577. The Morgan fingerprint density at radius 3 is 3.04 bits per heavy atom. The number of pyridine rings is 1. The summed E-state index contributed by atoms with van der Waals surface area (Å²) in [7, 11) is 0. The van der Waals surface area contributed by atoms with Crippen molar-refractivity contribution >= 4 is 29.0 Å². The van der Waals surface area contributed by atoms with E-state index in [1.54, 1.807) is 12.4 Å². The molecule has 4 rings (SSSR count). The lowest BCUT2D eigenvalue weighted by Gasteiger charge is -2.47. The fourth-order valence-corrected chi connectivity index (χ4v) is 5.23. The van der Waals surface area contributed by atoms with E-state index in [1.807, 2.05) is 41.1 Å². The highest BCUT2D eigenvalue weighted by molar-refractivity contribution is 8.01. The molecule has 0 aliphatic carbocycles. The van der Waals surface area contributed by atoms with Crippen LogP contribution in [0.25, 0.3) is 0 Å². The average molecular weight is 347 g/mol. The van der Waals surface area contributed by atoms with Crippen LogP contribution in [-0.4, -0.2) is 50.5 Å². The third-order valence-corrected chi connectivity index (χ3v) is 6.54. The number of carbonyl (C=O) groups is 1. The number of hydrogen-bond acceptors (Lipinski definition) is 6. The molecule has 0 radical (unpaired) electrons. The first kappa shape index (κ1) is 15.0. The molecule has 5 nitrogen and oxygen atoms in total. The van der Waals surface area contributed by atoms with Gasteiger partial charge in [0.25, 0.3) is 5.91 Å². The first-order valence-electron chi connectivity index (χ1n) is 7.56. The first-order valence-corrected chi connectivity index (χ1v) is 9.42. The molecule has 2 aliphatic rings. The zero-order valence-electron chi connectivity index (χ0n) is 12.8. The number of likely N-dealkylation sites (tertiary alicyclic amines) is 1. The maximum atomic E-state index is 12.4. The molecule has 2 saturated heterocycles. The monoisotopic (exact) mass is 347 g/mol. The fraction of sp³-hybridized carbons (Fsp3) is 0.438. The van der Waals surface area contributed by atoms with E-state index in [2.05, 4.69) is 9.97 Å². The van der Waals surface area contributed by atoms with Crippen molar-refractivity contribution in [1.29, 1.82) is 0 Å². The minimum atomic E-state index is 0.0530. The second-order valence-electron chi connectivity index (χ2n) is 6.04. The van der Waals surface area contributed by atoms with Crippen LogP contribution >= 0.6 is 23.1 Å². The van der Waals surface area contributed by atoms with Gasteiger partial charge < -0.3 is 9.64 Å². The summed E-state index contributed by atoms with van der Waals surface area (Å²) in [5, 5.41) is 2.78. The maximum absolute atomic E-state index is 12.4. The third-order valence-electron chi connectivity index (χ3n) is 4.20. The summed E-state index contributed by atoms with van der Waals surface area (Å²) in [6.45, 7) is 3.51. The topological polar surface area (TPSA) is 55.3 Å². The Kier molecular flexibility index (Phi) is 3.77. The van der Waals surface area contributed by atoms with Crippen LogP contribution in [0.2, 0.25) is 0 Å². The SMILES string of the molecule is Cc1nc(C(=O)N2CC3(CC(Oc4cccnc4)CS3)C2)cs1. The van der Waals surface area contributed by atoms with Gasteiger partial charge in [-0.05, 0) is 19.1 Å². The number of rotatable bonds is 3. The van der Waals surface area contributed by atoms with E-state index >= 15 is 0 Å². The number of nitrogens with zero attached hydrogens (tertiary/aromatic N) is 3. The van der Waals surface area contributed by atoms with Crippen LogP contribution in [0, 0.1) is 6.92 Å². The largest absolute Gasteiger partial charge is 0.488 e. The average Bonchev–Trinajstić information content (AvgIpc) is 3.13. The van der Waals surface area contributed by atoms with Crippen molar-refractivity contribution in [3.63, 3.8) is 0 Å². The minimum Gasteiger partial charge on any atom is -0.488 e. The van der Waals surface area contributed by atoms with E-state index in [-0.39, 0.29) is 16.8 Å². The Labute approximate surface area is 143 Å². The molecule has 0 bridgehead atoms. The summed E-state index contributed by atoms with van der Waals surface area (Å²) in [5.74, 6) is 1.84. The van der Waals surface area contributed by atoms with Crippen molar-refractivity contribution < 1.29 is 9.53 Å². The lowest BCUT2D eigenvalue weighted by Crippen LogP contribution is -2.60. The van der Waals surface area contributed by atoms with Gasteiger partial charge in [0.05, 0.1) is 16.0 Å². The van der Waals surface area contributed by atoms with Gasteiger partial charge in [-0.1, -0.05) is 0 Å². The summed E-state index contributed by atoms with van der Waals surface area (Å²) in [4.78, 5) is 22.6. The second kappa shape index (κ2) is 5.79. The van der Waals surface area contributed by atoms with Gasteiger partial charge >= 0.3 is 0 Å². The number of hydrogen-bond donors (Lipinski definition) is 0. The van der Waals surface area contributed by atoms with Crippen molar-refractivity contribution in [2.45, 2.75) is 24.2 Å². The summed E-state index contributed by atoms with van der Waals surface area (Å²) in [6, 6.07) is 3.82. The maximum Gasteiger partial charge on any atom is 0.273 e. The Hall–Kier alpha value is -1.60. The lowest BCUT2D eigenvalue weighted by atomic mass is 9.92. The molecular formula is C16H17N3O2S2. The quantitative estimate of drug-likeness (QED) is 0.854. The van der Waals surface area contributed by atoms with E-state index in [4.69, 9.17) is 4.74 Å². The molecule has 120 valence electrons. The van der Waals surface area contributed by atoms with E-state index < -0.39 is 0 Å². The van der Waals surface area contributed by atoms with E-state index in [1.165, 1.54) is 11.3 Å². The molecule has 0 N–H and O–H groups in total. The first-order chi connectivity index (χ1) is 11.1. The summed E-state index contributed by atoms with van der Waals surface area (Å²) < 4.78 is 6.15. The van der Waals surface area contributed by atoms with Gasteiger partial charge in [-0.3, -0.25) is 9.78 Å². The Bertz CT molecular complexity index is 713. The molecule has 23 heavy (non-hydrogen) atoms. The number of aryl methyl sites for hydroxylation is 1. The molecule has 1 amide bonds. The van der Waals surface area contributed by atoms with Gasteiger partial charge in [0, 0.05) is 36.8 Å². The number of carbonyl (C=O) groups excluding carboxylic acids is 1. The highest BCUT2D eigenvalue weighted by atomic mass is 32.2. The highest BCUT2D eigenvalue weighted by Gasteiger charge is 2.51. The molecule has 7 heteroatoms. The zero-order valence-corrected chi connectivity index (χ0v) is 14.4. The Morgan fingerprint density at radius 2 is 2.35 bits per heavy atom. The fourth-order valence-electron chi connectivity index (χ4n) is 3.12. The molecule has 2 fully saturated rings. The van der Waals surface area contributed by atoms with Crippen LogP contribution in [-0.2, 0) is 0 Å². The highest BCUT2D eigenvalue weighted by Crippen LogP contribution is 2.46. The van der Waals surface area contributed by atoms with Gasteiger partial charge in [-0.15, -0.1) is 23.1 Å². The standard InChI is InChI=1S/C16H17N3O2S2/c1-11-18-14(8-22-11)15(20)19-9-16(10-19)5-13(7-23-16)21-12-3-2-4-17-6-12/h2-4,6,8,13H,5,7,9-10H2,1H3. The molecule has 1 atom stereocenters. The van der Waals surface area contributed by atoms with Gasteiger partial charge in [-0.2, -0.15) is 0 Å². The van der Waals surface area contributed by atoms with E-state index in [9.17, 15) is 4.79 Å². The zero-order chi connectivity index (χ0) is 15.9. The van der Waals surface area contributed by atoms with Gasteiger partial charge in [0.2, 0.25) is 0 Å². The van der Waals surface area contributed by atoms with Gasteiger partial charge in [0.1, 0.15) is 17.5 Å². The van der Waals surface area contributed by atoms with Crippen LogP contribution in [0.3, 0.4) is 0 Å². The second-order valence-corrected chi connectivity index (χ2v) is 8.59. The van der Waals surface area contributed by atoms with Crippen molar-refractivity contribution in [1.82, 2.24) is 14.9 Å². The molecule has 0 saturated carbocycles. The van der Waals surface area contributed by atoms with Crippen molar-refractivity contribution in [2.75, 3.05) is 18.8 Å². The molecule has 2 aromatic heterocycles. The number of thioether (sulfide) groups is 1. The van der Waals surface area contributed by atoms with Gasteiger partial charge in [0.15, 0.2) is 0 Å². The summed E-state index contributed by atoms with van der Waals surface area (Å²) in [6.07, 6.45) is 4.67. The van der Waals surface area contributed by atoms with Crippen LogP contribution < -0.4 is 4.74 Å². The molecule has 0 aromatic carbocycles. The molecule has 2 aliphatic heterocycles.